The molecule has 0 atom stereocenters. The third kappa shape index (κ3) is 41.6. The Morgan fingerprint density at radius 2 is 1.30 bits per heavy atom. The Kier molecular flexibility index (Phi) is 37.1. The van der Waals surface area contributed by atoms with E-state index in [2.05, 4.69) is 95.5 Å². The maximum Gasteiger partial charge on any atom is 0.137 e. The smallest absolute Gasteiger partial charge is 0.137 e. The van der Waals surface area contributed by atoms with Gasteiger partial charge in [0.2, 0.25) is 0 Å². The molecule has 388 valence electrons. The van der Waals surface area contributed by atoms with Crippen molar-refractivity contribution >= 4 is 57.1 Å². The zero-order valence-electron chi connectivity index (χ0n) is 42.7. The molecule has 0 aliphatic carbocycles. The molecule has 0 saturated carbocycles. The number of thiazole rings is 3. The van der Waals surface area contributed by atoms with Gasteiger partial charge >= 0.3 is 0 Å². The fourth-order valence-corrected chi connectivity index (χ4v) is 5.74. The molecule has 12 rings (SSSR count). The first-order valence-corrected chi connectivity index (χ1v) is 25.4. The third-order valence-corrected chi connectivity index (χ3v) is 10.2. The average molecular weight is 1090 g/mol. The van der Waals surface area contributed by atoms with Gasteiger partial charge in [-0.3, -0.25) is 34.0 Å². The number of imidazole rings is 1. The molecular weight excluding hydrogens is 1030 g/mol. The van der Waals surface area contributed by atoms with Crippen LogP contribution in [0, 0.1) is 41.5 Å². The summed E-state index contributed by atoms with van der Waals surface area (Å²) in [6.07, 6.45) is 28.0. The highest BCUT2D eigenvalue weighted by Crippen LogP contribution is 2.01. The summed E-state index contributed by atoms with van der Waals surface area (Å²) >= 11 is 7.98. The van der Waals surface area contributed by atoms with Crippen molar-refractivity contribution in [1.29, 1.82) is 0 Å². The zero-order chi connectivity index (χ0) is 53.6. The molecule has 0 fully saturated rings. The number of pyridine rings is 1. The quantitative estimate of drug-likeness (QED) is 0.149. The van der Waals surface area contributed by atoms with E-state index in [0.717, 1.165) is 10.7 Å². The Labute approximate surface area is 444 Å². The maximum atomic E-state index is 3.94. The molecule has 0 saturated heterocycles. The number of aromatic nitrogens is 25. The third-order valence-electron chi connectivity index (χ3n) is 6.78. The molecule has 0 N–H and O–H groups in total. The minimum Gasteiger partial charge on any atom is -0.341 e. The van der Waals surface area contributed by atoms with E-state index in [-0.39, 0.29) is 0 Å². The average Bonchev–Trinajstić information content (AvgIpc) is 4.20. The number of nitrogens with zero attached hydrogens (tertiary/aromatic N) is 25. The summed E-state index contributed by atoms with van der Waals surface area (Å²) in [7, 11) is 10.9. The van der Waals surface area contributed by atoms with Gasteiger partial charge in [-0.25, -0.2) is 23.4 Å². The van der Waals surface area contributed by atoms with E-state index < -0.39 is 0 Å². The van der Waals surface area contributed by atoms with Crippen molar-refractivity contribution in [2.24, 2.45) is 42.3 Å². The second kappa shape index (κ2) is 42.9. The van der Waals surface area contributed by atoms with E-state index in [9.17, 15) is 0 Å². The molecule has 0 radical (unpaired) electrons. The molecule has 25 nitrogen and oxygen atoms in total. The molecule has 0 unspecified atom stereocenters. The summed E-state index contributed by atoms with van der Waals surface area (Å²) in [5, 5.41) is 45.1. The molecule has 0 aromatic carbocycles. The summed E-state index contributed by atoms with van der Waals surface area (Å²) in [5.41, 5.74) is 7.23. The second-order valence-electron chi connectivity index (χ2n) is 13.5. The van der Waals surface area contributed by atoms with Crippen LogP contribution in [0.5, 0.6) is 0 Å². The van der Waals surface area contributed by atoms with Crippen LogP contribution in [0.25, 0.3) is 0 Å². The number of tetrazole rings is 1. The summed E-state index contributed by atoms with van der Waals surface area (Å²) < 4.78 is 16.2. The van der Waals surface area contributed by atoms with Crippen LogP contribution in [-0.2, 0) is 42.3 Å². The minimum absolute atomic E-state index is 1.11. The maximum absolute atomic E-state index is 3.94. The first kappa shape index (κ1) is 63.1. The van der Waals surface area contributed by atoms with E-state index in [0.29, 0.717) is 0 Å². The van der Waals surface area contributed by atoms with Crippen molar-refractivity contribution < 1.29 is 0 Å². The summed E-state index contributed by atoms with van der Waals surface area (Å²) in [4.78, 5) is 26.9. The molecule has 12 aromatic rings. The number of aryl methyl sites for hydroxylation is 12. The van der Waals surface area contributed by atoms with Gasteiger partial charge in [-0.15, -0.1) is 49.0 Å². The normalized spacial score (nSPS) is 8.82. The Hall–Kier alpha value is -7.93. The van der Waals surface area contributed by atoms with E-state index in [1.54, 1.807) is 118 Å². The molecule has 0 aliphatic rings. The molecule has 0 spiro atoms. The van der Waals surface area contributed by atoms with Crippen LogP contribution in [-0.4, -0.2) is 124 Å². The van der Waals surface area contributed by atoms with Crippen LogP contribution >= 0.6 is 57.1 Å². The first-order chi connectivity index (χ1) is 35.2. The number of hydrogen-bond donors (Lipinski definition) is 0. The van der Waals surface area contributed by atoms with E-state index in [1.165, 1.54) is 66.1 Å². The number of hydrogen-bond acceptors (Lipinski definition) is 24. The van der Waals surface area contributed by atoms with Crippen molar-refractivity contribution in [3.05, 3.63) is 183 Å². The fourth-order valence-electron chi connectivity index (χ4n) is 3.41. The second-order valence-corrected chi connectivity index (χ2v) is 18.1. The predicted octanol–water partition coefficient (Wildman–Crippen LogP) is 6.93. The molecular formula is C43H61N25S5. The van der Waals surface area contributed by atoms with Gasteiger partial charge in [0, 0.05) is 135 Å². The van der Waals surface area contributed by atoms with Crippen LogP contribution in [0.3, 0.4) is 0 Å². The monoisotopic (exact) mass is 1090 g/mol. The highest BCUT2D eigenvalue weighted by molar-refractivity contribution is 7.09. The largest absolute Gasteiger partial charge is 0.341 e. The van der Waals surface area contributed by atoms with Gasteiger partial charge in [0.25, 0.3) is 0 Å². The van der Waals surface area contributed by atoms with E-state index in [1.807, 2.05) is 157 Å². The Morgan fingerprint density at radius 3 is 1.48 bits per heavy atom. The van der Waals surface area contributed by atoms with Gasteiger partial charge in [0.05, 0.1) is 35.6 Å². The predicted molar refractivity (Wildman–Crippen MR) is 287 cm³/mol. The molecule has 12 heterocycles. The SMILES string of the molecule is Cc1cccnc1.Cc1ccns1.Cc1cncs1.Cc1cnsc1.Cc1cscn1.Cc1nccs1.Cn1cccn1.Cn1ccnc1.Cn1ccnn1.Cn1cncn1.Cn1cnnn1.Cn1nnnn1. The fraction of sp³-hybridized carbons (Fsp3) is 0.279. The van der Waals surface area contributed by atoms with Gasteiger partial charge in [-0.1, -0.05) is 11.3 Å². The van der Waals surface area contributed by atoms with Crippen molar-refractivity contribution in [3.8, 4) is 0 Å². The molecule has 73 heavy (non-hydrogen) atoms. The lowest BCUT2D eigenvalue weighted by Gasteiger charge is -1.82. The molecule has 0 aliphatic heterocycles. The number of rotatable bonds is 0. The van der Waals surface area contributed by atoms with Gasteiger partial charge < -0.3 is 4.57 Å². The summed E-state index contributed by atoms with van der Waals surface area (Å²) in [5.74, 6) is 0. The van der Waals surface area contributed by atoms with Crippen molar-refractivity contribution in [1.82, 2.24) is 124 Å². The first-order valence-electron chi connectivity index (χ1n) is 21.1. The Balaban J connectivity index is 0.000000398. The lowest BCUT2D eigenvalue weighted by atomic mass is 10.3. The van der Waals surface area contributed by atoms with Crippen LogP contribution in [0.15, 0.2) is 151 Å². The molecule has 0 amide bonds. The highest BCUT2D eigenvalue weighted by Gasteiger charge is 1.80. The lowest BCUT2D eigenvalue weighted by Crippen LogP contribution is -1.91. The van der Waals surface area contributed by atoms with Crippen molar-refractivity contribution in [2.75, 3.05) is 0 Å². The van der Waals surface area contributed by atoms with Crippen molar-refractivity contribution in [2.45, 2.75) is 41.5 Å². The summed E-state index contributed by atoms with van der Waals surface area (Å²) in [6, 6.07) is 7.83. The lowest BCUT2D eigenvalue weighted by molar-refractivity contribution is 0.622. The van der Waals surface area contributed by atoms with Crippen LogP contribution in [0.2, 0.25) is 0 Å². The zero-order valence-corrected chi connectivity index (χ0v) is 46.7. The van der Waals surface area contributed by atoms with Crippen LogP contribution in [0.1, 0.15) is 31.6 Å². The van der Waals surface area contributed by atoms with Gasteiger partial charge in [0.1, 0.15) is 19.0 Å². The molecule has 0 bridgehead atoms. The van der Waals surface area contributed by atoms with Gasteiger partial charge in [0.15, 0.2) is 0 Å². The molecule has 12 aromatic heterocycles. The summed E-state index contributed by atoms with van der Waals surface area (Å²) in [6.45, 7) is 12.1. The van der Waals surface area contributed by atoms with Gasteiger partial charge in [-0.05, 0) is 125 Å². The Bertz CT molecular complexity index is 2150. The standard InChI is InChI=1S/C6H7N.2C4H6N2.5C4H5NS.2C3H5N3.C2H4N4.CH3N5/c1-6-3-2-4-7-5-6;1-6-3-2-5-4-6;1-6-4-2-3-5-6;1-4-2-6-3-5-4;1-4-2-5-3-6-4;1-4-2-5-6-3-4;1-4-5-2-3-6-4;1-4-2-3-5-6-4;1-6-3-4-2-5-6;1-6-3-2-4-5-6;1-6-2-3-4-5-6;1-6-4-2-3-5-6/h2-5H,1H3;2*2-4H,1H3;7*2-3H,1H3;2H,1H3;1H3. The van der Waals surface area contributed by atoms with Crippen LogP contribution in [0.4, 0.5) is 0 Å². The highest BCUT2D eigenvalue weighted by atomic mass is 32.1. The van der Waals surface area contributed by atoms with Crippen molar-refractivity contribution in [3.63, 3.8) is 0 Å². The minimum atomic E-state index is 1.11. The van der Waals surface area contributed by atoms with E-state index >= 15 is 0 Å². The topological polar surface area (TPSA) is 274 Å². The van der Waals surface area contributed by atoms with E-state index in [4.69, 9.17) is 0 Å². The van der Waals surface area contributed by atoms with Crippen LogP contribution < -0.4 is 0 Å². The van der Waals surface area contributed by atoms with Gasteiger partial charge in [-0.2, -0.15) is 10.2 Å². The molecule has 30 heteroatoms. The Morgan fingerprint density at radius 1 is 0.493 bits per heavy atom.